The minimum atomic E-state index is -0.809. The zero-order valence-corrected chi connectivity index (χ0v) is 12.0. The minimum absolute atomic E-state index is 0.105. The van der Waals surface area contributed by atoms with Crippen LogP contribution in [0.25, 0.3) is 0 Å². The van der Waals surface area contributed by atoms with Crippen LogP contribution in [-0.4, -0.2) is 53.1 Å². The van der Waals surface area contributed by atoms with E-state index in [0.717, 1.165) is 5.75 Å². The minimum Gasteiger partial charge on any atom is -0.481 e. The second-order valence-electron chi connectivity index (χ2n) is 5.09. The number of aliphatic carboxylic acids is 1. The molecule has 0 saturated carbocycles. The number of hydrogen-bond acceptors (Lipinski definition) is 3. The summed E-state index contributed by atoms with van der Waals surface area (Å²) in [5.74, 6) is -0.148. The summed E-state index contributed by atoms with van der Waals surface area (Å²) < 4.78 is 0. The molecule has 6 heteroatoms. The van der Waals surface area contributed by atoms with Crippen LogP contribution in [0.15, 0.2) is 0 Å². The number of carboxylic acid groups (broad SMARTS) is 1. The van der Waals surface area contributed by atoms with E-state index < -0.39 is 11.9 Å². The molecule has 104 valence electrons. The van der Waals surface area contributed by atoms with Crippen LogP contribution >= 0.6 is 11.8 Å². The summed E-state index contributed by atoms with van der Waals surface area (Å²) in [4.78, 5) is 24.7. The van der Waals surface area contributed by atoms with Crippen molar-refractivity contribution in [1.82, 2.24) is 10.2 Å². The van der Waals surface area contributed by atoms with E-state index in [1.807, 2.05) is 20.1 Å². The van der Waals surface area contributed by atoms with Gasteiger partial charge in [0.25, 0.3) is 0 Å². The van der Waals surface area contributed by atoms with Crippen LogP contribution < -0.4 is 5.32 Å². The molecule has 18 heavy (non-hydrogen) atoms. The number of likely N-dealkylation sites (tertiary alicyclic amines) is 1. The molecule has 1 aliphatic rings. The van der Waals surface area contributed by atoms with Gasteiger partial charge < -0.3 is 15.3 Å². The van der Waals surface area contributed by atoms with E-state index in [4.69, 9.17) is 5.11 Å². The second-order valence-corrected chi connectivity index (χ2v) is 6.00. The quantitative estimate of drug-likeness (QED) is 0.815. The zero-order valence-electron chi connectivity index (χ0n) is 11.2. The molecule has 0 aromatic heterocycles. The van der Waals surface area contributed by atoms with Gasteiger partial charge in [0.1, 0.15) is 0 Å². The number of piperidine rings is 1. The Morgan fingerprint density at radius 1 is 1.50 bits per heavy atom. The molecule has 1 heterocycles. The summed E-state index contributed by atoms with van der Waals surface area (Å²) in [6.45, 7) is 4.90. The Morgan fingerprint density at radius 2 is 2.17 bits per heavy atom. The number of amides is 2. The number of thioether (sulfide) groups is 1. The predicted molar refractivity (Wildman–Crippen MR) is 72.9 cm³/mol. The molecule has 5 nitrogen and oxygen atoms in total. The summed E-state index contributed by atoms with van der Waals surface area (Å²) in [7, 11) is 0. The van der Waals surface area contributed by atoms with Crippen molar-refractivity contribution in [3.63, 3.8) is 0 Å². The number of urea groups is 1. The van der Waals surface area contributed by atoms with Gasteiger partial charge in [-0.25, -0.2) is 4.79 Å². The molecule has 0 bridgehead atoms. The normalized spacial score (nSPS) is 25.6. The van der Waals surface area contributed by atoms with Crippen molar-refractivity contribution >= 4 is 23.8 Å². The van der Waals surface area contributed by atoms with E-state index >= 15 is 0 Å². The number of carboxylic acids is 1. The molecule has 1 aliphatic heterocycles. The van der Waals surface area contributed by atoms with Crippen LogP contribution in [0.2, 0.25) is 0 Å². The first kappa shape index (κ1) is 15.1. The van der Waals surface area contributed by atoms with Crippen molar-refractivity contribution < 1.29 is 14.7 Å². The molecule has 2 N–H and O–H groups in total. The third kappa shape index (κ3) is 4.40. The molecular weight excluding hydrogens is 252 g/mol. The van der Waals surface area contributed by atoms with Crippen molar-refractivity contribution in [3.05, 3.63) is 0 Å². The molecular formula is C12H22N2O3S. The zero-order chi connectivity index (χ0) is 13.7. The first-order valence-electron chi connectivity index (χ1n) is 6.21. The molecule has 1 fully saturated rings. The lowest BCUT2D eigenvalue weighted by Gasteiger charge is -2.35. The second kappa shape index (κ2) is 6.87. The summed E-state index contributed by atoms with van der Waals surface area (Å²) in [5, 5.41) is 12.0. The van der Waals surface area contributed by atoms with Crippen molar-refractivity contribution in [1.29, 1.82) is 0 Å². The highest BCUT2D eigenvalue weighted by molar-refractivity contribution is 7.98. The van der Waals surface area contributed by atoms with Gasteiger partial charge in [0.2, 0.25) is 0 Å². The monoisotopic (exact) mass is 274 g/mol. The topological polar surface area (TPSA) is 69.6 Å². The fourth-order valence-electron chi connectivity index (χ4n) is 2.29. The molecule has 0 spiro atoms. The van der Waals surface area contributed by atoms with Crippen LogP contribution in [0.5, 0.6) is 0 Å². The lowest BCUT2D eigenvalue weighted by atomic mass is 9.91. The summed E-state index contributed by atoms with van der Waals surface area (Å²) in [6.07, 6.45) is 2.64. The van der Waals surface area contributed by atoms with Gasteiger partial charge >= 0.3 is 12.0 Å². The summed E-state index contributed by atoms with van der Waals surface area (Å²) in [6, 6.07) is -0.0395. The molecule has 3 unspecified atom stereocenters. The first-order valence-corrected chi connectivity index (χ1v) is 7.60. The average Bonchev–Trinajstić information content (AvgIpc) is 2.28. The standard InChI is InChI=1S/C12H22N2O3S/c1-8-4-10(11(15)16)6-14(5-8)12(17)13-9(2)7-18-3/h8-10H,4-7H2,1-3H3,(H,13,17)(H,15,16). The van der Waals surface area contributed by atoms with Crippen molar-refractivity contribution in [3.8, 4) is 0 Å². The molecule has 1 rings (SSSR count). The van der Waals surface area contributed by atoms with Gasteiger partial charge in [-0.2, -0.15) is 11.8 Å². The third-order valence-electron chi connectivity index (χ3n) is 3.08. The number of hydrogen-bond donors (Lipinski definition) is 2. The number of nitrogens with zero attached hydrogens (tertiary/aromatic N) is 1. The van der Waals surface area contributed by atoms with Gasteiger partial charge in [0.15, 0.2) is 0 Å². The molecule has 2 amide bonds. The van der Waals surface area contributed by atoms with Crippen LogP contribution in [0.1, 0.15) is 20.3 Å². The Balaban J connectivity index is 2.53. The van der Waals surface area contributed by atoms with Crippen LogP contribution in [0.3, 0.4) is 0 Å². The van der Waals surface area contributed by atoms with E-state index in [1.165, 1.54) is 0 Å². The van der Waals surface area contributed by atoms with Crippen LogP contribution in [-0.2, 0) is 4.79 Å². The fourth-order valence-corrected chi connectivity index (χ4v) is 2.87. The van der Waals surface area contributed by atoms with Crippen molar-refractivity contribution in [2.45, 2.75) is 26.3 Å². The van der Waals surface area contributed by atoms with Crippen LogP contribution in [0.4, 0.5) is 4.79 Å². The number of rotatable bonds is 4. The Hall–Kier alpha value is -0.910. The van der Waals surface area contributed by atoms with E-state index in [1.54, 1.807) is 16.7 Å². The maximum Gasteiger partial charge on any atom is 0.317 e. The maximum atomic E-state index is 12.0. The first-order chi connectivity index (χ1) is 8.43. The van der Waals surface area contributed by atoms with Gasteiger partial charge in [0.05, 0.1) is 5.92 Å². The molecule has 0 aliphatic carbocycles. The molecule has 0 radical (unpaired) electrons. The third-order valence-corrected chi connectivity index (χ3v) is 3.92. The smallest absolute Gasteiger partial charge is 0.317 e. The number of carbonyl (C=O) groups is 2. The highest BCUT2D eigenvalue weighted by Crippen LogP contribution is 2.21. The van der Waals surface area contributed by atoms with Gasteiger partial charge in [-0.05, 0) is 25.5 Å². The van der Waals surface area contributed by atoms with E-state index in [9.17, 15) is 9.59 Å². The highest BCUT2D eigenvalue weighted by atomic mass is 32.2. The van der Waals surface area contributed by atoms with Gasteiger partial charge in [0, 0.05) is 24.9 Å². The summed E-state index contributed by atoms with van der Waals surface area (Å²) >= 11 is 1.68. The van der Waals surface area contributed by atoms with E-state index in [-0.39, 0.29) is 18.0 Å². The number of nitrogens with one attached hydrogen (secondary N) is 1. The van der Waals surface area contributed by atoms with Gasteiger partial charge in [-0.1, -0.05) is 6.92 Å². The SMILES string of the molecule is CSCC(C)NC(=O)N1CC(C)CC(C(=O)O)C1. The predicted octanol–water partition coefficient (Wildman–Crippen LogP) is 1.49. The van der Waals surface area contributed by atoms with E-state index in [0.29, 0.717) is 19.5 Å². The number of carbonyl (C=O) groups excluding carboxylic acids is 1. The van der Waals surface area contributed by atoms with Gasteiger partial charge in [-0.15, -0.1) is 0 Å². The Kier molecular flexibility index (Phi) is 5.78. The lowest BCUT2D eigenvalue weighted by molar-refractivity contribution is -0.143. The molecule has 3 atom stereocenters. The summed E-state index contributed by atoms with van der Waals surface area (Å²) in [5.41, 5.74) is 0. The highest BCUT2D eigenvalue weighted by Gasteiger charge is 2.32. The van der Waals surface area contributed by atoms with Gasteiger partial charge in [-0.3, -0.25) is 4.79 Å². The Bertz CT molecular complexity index is 312. The van der Waals surface area contributed by atoms with Crippen molar-refractivity contribution in [2.75, 3.05) is 25.1 Å². The largest absolute Gasteiger partial charge is 0.481 e. The fraction of sp³-hybridized carbons (Fsp3) is 0.833. The molecule has 0 aromatic rings. The lowest BCUT2D eigenvalue weighted by Crippen LogP contribution is -2.51. The molecule has 1 saturated heterocycles. The average molecular weight is 274 g/mol. The Morgan fingerprint density at radius 3 is 2.72 bits per heavy atom. The van der Waals surface area contributed by atoms with Crippen LogP contribution in [0, 0.1) is 11.8 Å². The maximum absolute atomic E-state index is 12.0. The van der Waals surface area contributed by atoms with Crippen molar-refractivity contribution in [2.24, 2.45) is 11.8 Å². The van der Waals surface area contributed by atoms with E-state index in [2.05, 4.69) is 5.32 Å². The Labute approximate surface area is 112 Å². The molecule has 0 aromatic carbocycles.